The van der Waals surface area contributed by atoms with Gasteiger partial charge in [-0.25, -0.2) is 8.42 Å². The molecule has 0 saturated carbocycles. The molecule has 0 spiro atoms. The number of benzene rings is 2. The van der Waals surface area contributed by atoms with E-state index in [1.807, 2.05) is 26.8 Å². The van der Waals surface area contributed by atoms with E-state index in [9.17, 15) is 13.2 Å². The second-order valence-corrected chi connectivity index (χ2v) is 10.3. The van der Waals surface area contributed by atoms with E-state index in [0.29, 0.717) is 24.6 Å². The van der Waals surface area contributed by atoms with E-state index in [0.717, 1.165) is 30.4 Å². The number of hydrogen-bond donors (Lipinski definition) is 1. The Hall–Kier alpha value is -2.18. The maximum absolute atomic E-state index is 13.0. The van der Waals surface area contributed by atoms with Crippen LogP contribution in [0.25, 0.3) is 0 Å². The highest BCUT2D eigenvalue weighted by Crippen LogP contribution is 2.25. The van der Waals surface area contributed by atoms with E-state index in [1.165, 1.54) is 15.9 Å². The van der Waals surface area contributed by atoms with Crippen molar-refractivity contribution in [3.8, 4) is 0 Å². The van der Waals surface area contributed by atoms with Crippen LogP contribution in [-0.2, 0) is 10.0 Å². The van der Waals surface area contributed by atoms with Crippen LogP contribution in [0.1, 0.15) is 66.2 Å². The van der Waals surface area contributed by atoms with Gasteiger partial charge in [0.15, 0.2) is 0 Å². The van der Waals surface area contributed by atoms with Crippen molar-refractivity contribution >= 4 is 15.9 Å². The molecule has 1 atom stereocenters. The molecule has 1 aliphatic rings. The molecule has 162 valence electrons. The zero-order valence-corrected chi connectivity index (χ0v) is 19.1. The maximum atomic E-state index is 13.0. The van der Waals surface area contributed by atoms with Crippen LogP contribution in [0.15, 0.2) is 47.4 Å². The third-order valence-electron chi connectivity index (χ3n) is 5.99. The van der Waals surface area contributed by atoms with E-state index in [1.54, 1.807) is 18.2 Å². The van der Waals surface area contributed by atoms with Crippen molar-refractivity contribution in [1.82, 2.24) is 9.62 Å². The molecule has 2 aromatic rings. The fourth-order valence-electron chi connectivity index (χ4n) is 4.03. The lowest BCUT2D eigenvalue weighted by molar-refractivity contribution is 0.0935. The van der Waals surface area contributed by atoms with Gasteiger partial charge in [0.05, 0.1) is 10.9 Å². The highest BCUT2D eigenvalue weighted by atomic mass is 32.2. The Labute approximate surface area is 180 Å². The van der Waals surface area contributed by atoms with Crippen molar-refractivity contribution in [3.63, 3.8) is 0 Å². The molecule has 0 unspecified atom stereocenters. The molecule has 1 fully saturated rings. The van der Waals surface area contributed by atoms with Gasteiger partial charge in [0.2, 0.25) is 10.0 Å². The van der Waals surface area contributed by atoms with Crippen LogP contribution in [-0.4, -0.2) is 31.7 Å². The Balaban J connectivity index is 1.80. The third-order valence-corrected chi connectivity index (χ3v) is 7.89. The predicted octanol–water partition coefficient (Wildman–Crippen LogP) is 4.61. The average Bonchev–Trinajstić information content (AvgIpc) is 2.72. The SMILES string of the molecule is CC[C@@H](NC(=O)c1cccc(S(=O)(=O)N2CCC(C)CC2)c1)c1ccc(C)cc1C. The van der Waals surface area contributed by atoms with Crippen molar-refractivity contribution in [2.45, 2.75) is 57.9 Å². The maximum Gasteiger partial charge on any atom is 0.251 e. The molecule has 1 N–H and O–H groups in total. The molecule has 1 aliphatic heterocycles. The lowest BCUT2D eigenvalue weighted by atomic mass is 9.97. The van der Waals surface area contributed by atoms with Gasteiger partial charge < -0.3 is 5.32 Å². The number of nitrogens with zero attached hydrogens (tertiary/aromatic N) is 1. The number of hydrogen-bond acceptors (Lipinski definition) is 3. The van der Waals surface area contributed by atoms with Gasteiger partial charge in [-0.2, -0.15) is 4.31 Å². The first-order chi connectivity index (χ1) is 14.2. The van der Waals surface area contributed by atoms with Crippen LogP contribution in [0.2, 0.25) is 0 Å². The number of aryl methyl sites for hydroxylation is 2. The minimum atomic E-state index is -3.59. The molecule has 1 amide bonds. The van der Waals surface area contributed by atoms with Crippen molar-refractivity contribution in [2.75, 3.05) is 13.1 Å². The summed E-state index contributed by atoms with van der Waals surface area (Å²) in [5.41, 5.74) is 3.77. The van der Waals surface area contributed by atoms with E-state index in [2.05, 4.69) is 24.4 Å². The minimum Gasteiger partial charge on any atom is -0.345 e. The van der Waals surface area contributed by atoms with Gasteiger partial charge in [0.25, 0.3) is 5.91 Å². The van der Waals surface area contributed by atoms with E-state index in [-0.39, 0.29) is 16.8 Å². The molecule has 2 aromatic carbocycles. The largest absolute Gasteiger partial charge is 0.345 e. The number of sulfonamides is 1. The van der Waals surface area contributed by atoms with E-state index in [4.69, 9.17) is 0 Å². The van der Waals surface area contributed by atoms with Crippen molar-refractivity contribution in [3.05, 3.63) is 64.7 Å². The smallest absolute Gasteiger partial charge is 0.251 e. The average molecular weight is 429 g/mol. The van der Waals surface area contributed by atoms with Crippen molar-refractivity contribution in [2.24, 2.45) is 5.92 Å². The fraction of sp³-hybridized carbons (Fsp3) is 0.458. The van der Waals surface area contributed by atoms with Gasteiger partial charge in [-0.05, 0) is 68.4 Å². The Morgan fingerprint density at radius 3 is 2.47 bits per heavy atom. The predicted molar refractivity (Wildman–Crippen MR) is 120 cm³/mol. The number of carbonyl (C=O) groups is 1. The lowest BCUT2D eigenvalue weighted by Gasteiger charge is -2.29. The molecule has 5 nitrogen and oxygen atoms in total. The van der Waals surface area contributed by atoms with E-state index >= 15 is 0 Å². The molecule has 6 heteroatoms. The first-order valence-electron chi connectivity index (χ1n) is 10.7. The second-order valence-electron chi connectivity index (χ2n) is 8.41. The third kappa shape index (κ3) is 4.93. The number of amides is 1. The standard InChI is InChI=1S/C24H32N2O3S/c1-5-23(22-10-9-18(3)15-19(22)4)25-24(27)20-7-6-8-21(16-20)30(28,29)26-13-11-17(2)12-14-26/h6-10,15-17,23H,5,11-14H2,1-4H3,(H,25,27)/t23-/m1/s1. The van der Waals surface area contributed by atoms with Gasteiger partial charge in [-0.1, -0.05) is 43.7 Å². The molecule has 30 heavy (non-hydrogen) atoms. The van der Waals surface area contributed by atoms with Gasteiger partial charge in [0.1, 0.15) is 0 Å². The van der Waals surface area contributed by atoms with Gasteiger partial charge in [-0.3, -0.25) is 4.79 Å². The normalized spacial score (nSPS) is 16.9. The minimum absolute atomic E-state index is 0.123. The number of carbonyl (C=O) groups excluding carboxylic acids is 1. The molecule has 3 rings (SSSR count). The van der Waals surface area contributed by atoms with Crippen molar-refractivity contribution in [1.29, 1.82) is 0 Å². The molecule has 0 bridgehead atoms. The summed E-state index contributed by atoms with van der Waals surface area (Å²) in [6, 6.07) is 12.5. The van der Waals surface area contributed by atoms with Gasteiger partial charge in [0, 0.05) is 18.7 Å². The summed E-state index contributed by atoms with van der Waals surface area (Å²) >= 11 is 0. The van der Waals surface area contributed by atoms with Gasteiger partial charge >= 0.3 is 0 Å². The summed E-state index contributed by atoms with van der Waals surface area (Å²) in [5, 5.41) is 3.08. The van der Waals surface area contributed by atoms with Crippen LogP contribution in [0.5, 0.6) is 0 Å². The Kier molecular flexibility index (Phi) is 6.98. The highest BCUT2D eigenvalue weighted by molar-refractivity contribution is 7.89. The van der Waals surface area contributed by atoms with Crippen LogP contribution in [0, 0.1) is 19.8 Å². The molecule has 0 radical (unpaired) electrons. The molecule has 1 saturated heterocycles. The number of piperidine rings is 1. The van der Waals surface area contributed by atoms with Crippen LogP contribution in [0.3, 0.4) is 0 Å². The quantitative estimate of drug-likeness (QED) is 0.731. The summed E-state index contributed by atoms with van der Waals surface area (Å²) in [6.07, 6.45) is 2.49. The number of rotatable bonds is 6. The first-order valence-corrected chi connectivity index (χ1v) is 12.1. The first kappa shape index (κ1) is 22.5. The van der Waals surface area contributed by atoms with Crippen LogP contribution >= 0.6 is 0 Å². The van der Waals surface area contributed by atoms with E-state index < -0.39 is 10.0 Å². The van der Waals surface area contributed by atoms with Crippen molar-refractivity contribution < 1.29 is 13.2 Å². The molecule has 1 heterocycles. The fourth-order valence-corrected chi connectivity index (χ4v) is 5.55. The zero-order valence-electron chi connectivity index (χ0n) is 18.3. The Morgan fingerprint density at radius 2 is 1.83 bits per heavy atom. The summed E-state index contributed by atoms with van der Waals surface area (Å²) in [5.74, 6) is 0.288. The summed E-state index contributed by atoms with van der Waals surface area (Å²) in [6.45, 7) is 9.33. The molecule has 0 aromatic heterocycles. The summed E-state index contributed by atoms with van der Waals surface area (Å²) in [7, 11) is -3.59. The number of nitrogens with one attached hydrogen (secondary N) is 1. The highest BCUT2D eigenvalue weighted by Gasteiger charge is 2.28. The van der Waals surface area contributed by atoms with Crippen LogP contribution in [0.4, 0.5) is 0 Å². The van der Waals surface area contributed by atoms with Crippen LogP contribution < -0.4 is 5.32 Å². The molecular weight excluding hydrogens is 396 g/mol. The summed E-state index contributed by atoms with van der Waals surface area (Å²) in [4.78, 5) is 13.1. The van der Waals surface area contributed by atoms with Gasteiger partial charge in [-0.15, -0.1) is 0 Å². The Morgan fingerprint density at radius 1 is 1.13 bits per heavy atom. The molecule has 0 aliphatic carbocycles. The second kappa shape index (κ2) is 9.31. The monoisotopic (exact) mass is 428 g/mol. The molecular formula is C24H32N2O3S. The lowest BCUT2D eigenvalue weighted by Crippen LogP contribution is -2.38. The Bertz CT molecular complexity index is 1010. The topological polar surface area (TPSA) is 66.5 Å². The summed E-state index contributed by atoms with van der Waals surface area (Å²) < 4.78 is 27.6. The zero-order chi connectivity index (χ0) is 21.9.